The van der Waals surface area contributed by atoms with Crippen LogP contribution in [-0.4, -0.2) is 17.4 Å². The minimum atomic E-state index is -0.0564. The molecule has 0 bridgehead atoms. The van der Waals surface area contributed by atoms with Crippen LogP contribution in [-0.2, 0) is 0 Å². The van der Waals surface area contributed by atoms with Gasteiger partial charge in [-0.2, -0.15) is 0 Å². The van der Waals surface area contributed by atoms with Crippen molar-refractivity contribution in [1.29, 1.82) is 0 Å². The molecule has 0 spiro atoms. The van der Waals surface area contributed by atoms with Crippen LogP contribution in [0.4, 0.5) is 5.82 Å². The Morgan fingerprint density at radius 1 is 1.50 bits per heavy atom. The maximum atomic E-state index is 12.1. The number of rotatable bonds is 4. The Morgan fingerprint density at radius 2 is 2.17 bits per heavy atom. The lowest BCUT2D eigenvalue weighted by Gasteiger charge is -2.20. The normalized spacial score (nSPS) is 16.7. The maximum absolute atomic E-state index is 12.1. The van der Waals surface area contributed by atoms with Gasteiger partial charge in [0, 0.05) is 17.8 Å². The smallest absolute Gasteiger partial charge is 0.251 e. The molecule has 1 aliphatic carbocycles. The number of hydrogen-bond donors (Lipinski definition) is 2. The molecule has 0 unspecified atom stereocenters. The van der Waals surface area contributed by atoms with Gasteiger partial charge in [-0.05, 0) is 43.2 Å². The van der Waals surface area contributed by atoms with Gasteiger partial charge in [0.2, 0.25) is 0 Å². The third-order valence-electron chi connectivity index (χ3n) is 3.95. The molecule has 4 heteroatoms. The molecule has 1 fully saturated rings. The van der Waals surface area contributed by atoms with Crippen LogP contribution in [0.5, 0.6) is 0 Å². The Kier molecular flexibility index (Phi) is 3.28. The van der Waals surface area contributed by atoms with Gasteiger partial charge in [0.25, 0.3) is 5.91 Å². The molecule has 2 rings (SSSR count). The van der Waals surface area contributed by atoms with Crippen molar-refractivity contribution in [1.82, 2.24) is 10.3 Å². The van der Waals surface area contributed by atoms with Gasteiger partial charge in [0.1, 0.15) is 5.82 Å². The molecular formula is C14H21N3O. The van der Waals surface area contributed by atoms with Crippen LogP contribution < -0.4 is 11.1 Å². The molecule has 0 atom stereocenters. The molecule has 0 saturated heterocycles. The number of anilines is 1. The zero-order valence-corrected chi connectivity index (χ0v) is 11.3. The van der Waals surface area contributed by atoms with E-state index in [1.165, 1.54) is 12.8 Å². The summed E-state index contributed by atoms with van der Waals surface area (Å²) in [5, 5.41) is 3.02. The number of amides is 1. The summed E-state index contributed by atoms with van der Waals surface area (Å²) in [6.45, 7) is 7.02. The first kappa shape index (κ1) is 12.9. The van der Waals surface area contributed by atoms with E-state index in [9.17, 15) is 4.79 Å². The molecule has 18 heavy (non-hydrogen) atoms. The number of nitrogens with one attached hydrogen (secondary N) is 1. The molecule has 98 valence electrons. The zero-order valence-electron chi connectivity index (χ0n) is 11.3. The quantitative estimate of drug-likeness (QED) is 0.856. The predicted molar refractivity (Wildman–Crippen MR) is 72.2 cm³/mol. The van der Waals surface area contributed by atoms with E-state index in [0.29, 0.717) is 22.7 Å². The van der Waals surface area contributed by atoms with E-state index in [2.05, 4.69) is 24.1 Å². The molecule has 3 N–H and O–H groups in total. The average molecular weight is 247 g/mol. The summed E-state index contributed by atoms with van der Waals surface area (Å²) in [6, 6.07) is 3.39. The van der Waals surface area contributed by atoms with Crippen LogP contribution in [0.2, 0.25) is 0 Å². The van der Waals surface area contributed by atoms with Crippen LogP contribution in [0.1, 0.15) is 42.7 Å². The fourth-order valence-electron chi connectivity index (χ4n) is 2.30. The topological polar surface area (TPSA) is 68.0 Å². The minimum absolute atomic E-state index is 0.0564. The fraction of sp³-hybridized carbons (Fsp3) is 0.571. The van der Waals surface area contributed by atoms with E-state index in [1.807, 2.05) is 6.92 Å². The van der Waals surface area contributed by atoms with E-state index in [1.54, 1.807) is 12.1 Å². The first-order chi connectivity index (χ1) is 8.43. The summed E-state index contributed by atoms with van der Waals surface area (Å²) in [7, 11) is 0. The van der Waals surface area contributed by atoms with Crippen molar-refractivity contribution in [2.45, 2.75) is 33.6 Å². The molecule has 1 aromatic heterocycles. The molecule has 4 nitrogen and oxygen atoms in total. The summed E-state index contributed by atoms with van der Waals surface area (Å²) in [6.07, 6.45) is 2.42. The van der Waals surface area contributed by atoms with Gasteiger partial charge in [0.15, 0.2) is 0 Å². The lowest BCUT2D eigenvalue weighted by molar-refractivity contribution is 0.0939. The number of nitrogens with zero attached hydrogens (tertiary/aromatic N) is 1. The van der Waals surface area contributed by atoms with Crippen LogP contribution in [0, 0.1) is 18.3 Å². The molecule has 0 radical (unpaired) electrons. The van der Waals surface area contributed by atoms with E-state index in [-0.39, 0.29) is 5.91 Å². The Morgan fingerprint density at radius 3 is 2.67 bits per heavy atom. The Bertz CT molecular complexity index is 444. The molecule has 0 aliphatic heterocycles. The van der Waals surface area contributed by atoms with Gasteiger partial charge in [-0.1, -0.05) is 13.8 Å². The minimum Gasteiger partial charge on any atom is -0.384 e. The van der Waals surface area contributed by atoms with Crippen molar-refractivity contribution >= 4 is 11.7 Å². The highest BCUT2D eigenvalue weighted by Gasteiger charge is 2.45. The van der Waals surface area contributed by atoms with Gasteiger partial charge in [-0.25, -0.2) is 4.98 Å². The maximum Gasteiger partial charge on any atom is 0.251 e. The van der Waals surface area contributed by atoms with E-state index in [0.717, 1.165) is 12.2 Å². The third kappa shape index (κ3) is 2.63. The van der Waals surface area contributed by atoms with Gasteiger partial charge in [-0.15, -0.1) is 0 Å². The van der Waals surface area contributed by atoms with Crippen molar-refractivity contribution < 1.29 is 4.79 Å². The summed E-state index contributed by atoms with van der Waals surface area (Å²) in [5.41, 5.74) is 7.34. The lowest BCUT2D eigenvalue weighted by Crippen LogP contribution is -2.32. The SMILES string of the molecule is Cc1cc(C(=O)NCC2(C(C)C)CC2)cc(N)n1. The van der Waals surface area contributed by atoms with Crippen LogP contribution in [0.3, 0.4) is 0 Å². The van der Waals surface area contributed by atoms with Crippen LogP contribution in [0.15, 0.2) is 12.1 Å². The molecule has 1 saturated carbocycles. The summed E-state index contributed by atoms with van der Waals surface area (Å²) in [4.78, 5) is 16.1. The second-order valence-corrected chi connectivity index (χ2v) is 5.62. The Labute approximate surface area is 108 Å². The molecule has 1 amide bonds. The number of aryl methyl sites for hydroxylation is 1. The number of aromatic nitrogens is 1. The first-order valence-corrected chi connectivity index (χ1v) is 6.45. The summed E-state index contributed by atoms with van der Waals surface area (Å²) in [5.74, 6) is 0.950. The fourth-order valence-corrected chi connectivity index (χ4v) is 2.30. The van der Waals surface area contributed by atoms with Gasteiger partial charge in [-0.3, -0.25) is 4.79 Å². The lowest BCUT2D eigenvalue weighted by atomic mass is 9.92. The van der Waals surface area contributed by atoms with Gasteiger partial charge in [0.05, 0.1) is 0 Å². The molecule has 1 aliphatic rings. The number of nitrogens with two attached hydrogens (primary N) is 1. The van der Waals surface area contributed by atoms with E-state index in [4.69, 9.17) is 5.73 Å². The summed E-state index contributed by atoms with van der Waals surface area (Å²) < 4.78 is 0. The van der Waals surface area contributed by atoms with Crippen molar-refractivity contribution in [3.63, 3.8) is 0 Å². The van der Waals surface area contributed by atoms with E-state index >= 15 is 0 Å². The number of pyridine rings is 1. The molecule has 1 heterocycles. The standard InChI is InChI=1S/C14H21N3O/c1-9(2)14(4-5-14)8-16-13(18)11-6-10(3)17-12(15)7-11/h6-7,9H,4-5,8H2,1-3H3,(H2,15,17)(H,16,18). The number of hydrogen-bond acceptors (Lipinski definition) is 3. The summed E-state index contributed by atoms with van der Waals surface area (Å²) >= 11 is 0. The van der Waals surface area contributed by atoms with Crippen molar-refractivity contribution in [3.05, 3.63) is 23.4 Å². The van der Waals surface area contributed by atoms with Crippen molar-refractivity contribution in [3.8, 4) is 0 Å². The zero-order chi connectivity index (χ0) is 13.3. The highest BCUT2D eigenvalue weighted by Crippen LogP contribution is 2.51. The Hall–Kier alpha value is -1.58. The second kappa shape index (κ2) is 4.59. The van der Waals surface area contributed by atoms with Gasteiger partial charge >= 0.3 is 0 Å². The van der Waals surface area contributed by atoms with Gasteiger partial charge < -0.3 is 11.1 Å². The number of nitrogen functional groups attached to an aromatic ring is 1. The van der Waals surface area contributed by atoms with Crippen LogP contribution >= 0.6 is 0 Å². The predicted octanol–water partition coefficient (Wildman–Crippen LogP) is 2.14. The molecule has 1 aromatic rings. The number of carbonyl (C=O) groups excluding carboxylic acids is 1. The molecule has 0 aromatic carbocycles. The number of carbonyl (C=O) groups is 1. The third-order valence-corrected chi connectivity index (χ3v) is 3.95. The largest absolute Gasteiger partial charge is 0.384 e. The highest BCUT2D eigenvalue weighted by molar-refractivity contribution is 5.94. The molecular weight excluding hydrogens is 226 g/mol. The average Bonchev–Trinajstić information content (AvgIpc) is 3.05. The first-order valence-electron chi connectivity index (χ1n) is 6.45. The van der Waals surface area contributed by atoms with Crippen molar-refractivity contribution in [2.24, 2.45) is 11.3 Å². The monoisotopic (exact) mass is 247 g/mol. The Balaban J connectivity index is 2.00. The van der Waals surface area contributed by atoms with Crippen LogP contribution in [0.25, 0.3) is 0 Å². The van der Waals surface area contributed by atoms with Crippen molar-refractivity contribution in [2.75, 3.05) is 12.3 Å². The second-order valence-electron chi connectivity index (χ2n) is 5.62. The highest BCUT2D eigenvalue weighted by atomic mass is 16.1. The van der Waals surface area contributed by atoms with E-state index < -0.39 is 0 Å².